The highest BCUT2D eigenvalue weighted by atomic mass is 19.1. The quantitative estimate of drug-likeness (QED) is 0.683. The number of hydrogen-bond acceptors (Lipinski definition) is 6. The Kier molecular flexibility index (Phi) is 5.05. The first-order chi connectivity index (χ1) is 15.0. The molecule has 1 amide bonds. The maximum absolute atomic E-state index is 14.2. The lowest BCUT2D eigenvalue weighted by molar-refractivity contribution is 0.0769. The first-order valence-corrected chi connectivity index (χ1v) is 10.8. The molecule has 2 aliphatic rings. The van der Waals surface area contributed by atoms with Crippen molar-refractivity contribution in [2.24, 2.45) is 5.92 Å². The number of nitrogens with one attached hydrogen (secondary N) is 1. The summed E-state index contributed by atoms with van der Waals surface area (Å²) in [7, 11) is 0. The zero-order valence-electron chi connectivity index (χ0n) is 17.8. The van der Waals surface area contributed by atoms with Crippen LogP contribution in [-0.2, 0) is 6.42 Å². The highest BCUT2D eigenvalue weighted by molar-refractivity contribution is 5.99. The average molecular weight is 423 g/mol. The number of rotatable bonds is 2. The fourth-order valence-corrected chi connectivity index (χ4v) is 4.60. The minimum absolute atomic E-state index is 0.00230. The predicted octanol–water partition coefficient (Wildman–Crippen LogP) is 2.76. The van der Waals surface area contributed by atoms with Crippen molar-refractivity contribution in [2.45, 2.75) is 39.2 Å². The molecule has 2 aliphatic heterocycles. The number of halogens is 1. The van der Waals surface area contributed by atoms with Crippen LogP contribution in [0.15, 0.2) is 30.7 Å². The number of pyridine rings is 1. The van der Waals surface area contributed by atoms with Crippen molar-refractivity contribution >= 4 is 17.4 Å². The molecule has 3 aromatic heterocycles. The van der Waals surface area contributed by atoms with Crippen LogP contribution in [0.2, 0.25) is 0 Å². The number of hydrogen-bond donors (Lipinski definition) is 1. The Bertz CT molecular complexity index is 1130. The summed E-state index contributed by atoms with van der Waals surface area (Å²) in [6.07, 6.45) is 7.16. The third-order valence-electron chi connectivity index (χ3n) is 5.94. The first-order valence-electron chi connectivity index (χ1n) is 10.8. The molecule has 162 valence electrons. The second-order valence-corrected chi connectivity index (χ2v) is 8.68. The lowest BCUT2D eigenvalue weighted by atomic mass is 10.0. The van der Waals surface area contributed by atoms with E-state index in [-0.39, 0.29) is 17.8 Å². The molecule has 2 bridgehead atoms. The van der Waals surface area contributed by atoms with Crippen LogP contribution in [0.4, 0.5) is 10.2 Å². The topological polar surface area (TPSA) is 78.7 Å². The van der Waals surface area contributed by atoms with Crippen molar-refractivity contribution in [1.82, 2.24) is 30.0 Å². The Balaban J connectivity index is 1.65. The maximum Gasteiger partial charge on any atom is 0.271 e. The number of carbonyl (C=O) groups excluding carboxylic acids is 1. The number of fused-ring (bicyclic) bond motifs is 5. The van der Waals surface area contributed by atoms with Crippen molar-refractivity contribution in [1.29, 1.82) is 0 Å². The highest BCUT2D eigenvalue weighted by Crippen LogP contribution is 2.37. The van der Waals surface area contributed by atoms with Crippen molar-refractivity contribution in [3.05, 3.63) is 53.4 Å². The molecule has 5 rings (SSSR count). The van der Waals surface area contributed by atoms with Gasteiger partial charge in [0.05, 0.1) is 18.4 Å². The number of carbonyl (C=O) groups is 1. The number of amides is 1. The van der Waals surface area contributed by atoms with Crippen molar-refractivity contribution in [3.63, 3.8) is 0 Å². The van der Waals surface area contributed by atoms with E-state index in [1.54, 1.807) is 16.8 Å². The normalized spacial score (nSPS) is 19.7. The smallest absolute Gasteiger partial charge is 0.271 e. The van der Waals surface area contributed by atoms with Gasteiger partial charge >= 0.3 is 0 Å². The number of anilines is 1. The van der Waals surface area contributed by atoms with Gasteiger partial charge in [-0.2, -0.15) is 5.10 Å². The summed E-state index contributed by atoms with van der Waals surface area (Å²) < 4.78 is 15.8. The van der Waals surface area contributed by atoms with Crippen LogP contribution >= 0.6 is 0 Å². The first kappa shape index (κ1) is 19.9. The summed E-state index contributed by atoms with van der Waals surface area (Å²) in [4.78, 5) is 24.5. The molecule has 1 atom stereocenters. The van der Waals surface area contributed by atoms with Crippen LogP contribution in [0.1, 0.15) is 54.3 Å². The van der Waals surface area contributed by atoms with E-state index >= 15 is 0 Å². The molecule has 9 heteroatoms. The number of nitrogens with zero attached hydrogens (tertiary/aromatic N) is 6. The van der Waals surface area contributed by atoms with Gasteiger partial charge in [0, 0.05) is 37.9 Å². The van der Waals surface area contributed by atoms with Crippen LogP contribution in [0.25, 0.3) is 5.65 Å². The Morgan fingerprint density at radius 1 is 1.29 bits per heavy atom. The van der Waals surface area contributed by atoms with Crippen molar-refractivity contribution < 1.29 is 9.18 Å². The summed E-state index contributed by atoms with van der Waals surface area (Å²) >= 11 is 0. The molecular weight excluding hydrogens is 397 g/mol. The van der Waals surface area contributed by atoms with Crippen LogP contribution in [0.3, 0.4) is 0 Å². The van der Waals surface area contributed by atoms with Crippen LogP contribution in [-0.4, -0.2) is 50.1 Å². The van der Waals surface area contributed by atoms with Gasteiger partial charge in [-0.1, -0.05) is 13.8 Å². The Hall–Kier alpha value is -3.07. The van der Waals surface area contributed by atoms with E-state index < -0.39 is 0 Å². The minimum Gasteiger partial charge on any atom is -0.349 e. The lowest BCUT2D eigenvalue weighted by Gasteiger charge is -2.28. The molecule has 8 nitrogen and oxygen atoms in total. The van der Waals surface area contributed by atoms with Gasteiger partial charge in [-0.05, 0) is 36.5 Å². The number of aromatic nitrogens is 4. The second-order valence-electron chi connectivity index (χ2n) is 8.68. The van der Waals surface area contributed by atoms with Gasteiger partial charge in [-0.25, -0.2) is 18.9 Å². The van der Waals surface area contributed by atoms with Crippen molar-refractivity contribution in [3.8, 4) is 0 Å². The summed E-state index contributed by atoms with van der Waals surface area (Å²) in [5.74, 6) is 0.558. The van der Waals surface area contributed by atoms with E-state index in [4.69, 9.17) is 4.98 Å². The highest BCUT2D eigenvalue weighted by Gasteiger charge is 2.31. The molecule has 5 heterocycles. The van der Waals surface area contributed by atoms with Gasteiger partial charge < -0.3 is 4.90 Å². The van der Waals surface area contributed by atoms with Crippen molar-refractivity contribution in [2.75, 3.05) is 24.5 Å². The standard InChI is InChI=1S/C22H26FN7O/c1-14(2)13-28-8-5-18-16(10-15(23)11-24-18)19-4-3-7-29(19)20-6-9-30-21(26-20)17(12-25-30)22(31)27-28/h6,9-12,14,19H,3-5,7-8,13H2,1-2H3,(H,27,31)/t19-/m1/s1. The number of hydrazine groups is 1. The Morgan fingerprint density at radius 2 is 2.16 bits per heavy atom. The lowest BCUT2D eigenvalue weighted by Crippen LogP contribution is -2.45. The Morgan fingerprint density at radius 3 is 3.00 bits per heavy atom. The van der Waals surface area contributed by atoms with Gasteiger partial charge in [-0.3, -0.25) is 15.2 Å². The van der Waals surface area contributed by atoms with E-state index in [9.17, 15) is 9.18 Å². The molecule has 0 unspecified atom stereocenters. The van der Waals surface area contributed by atoms with E-state index in [2.05, 4.69) is 34.3 Å². The van der Waals surface area contributed by atoms with E-state index in [1.807, 2.05) is 17.3 Å². The maximum atomic E-state index is 14.2. The molecule has 1 N–H and O–H groups in total. The van der Waals surface area contributed by atoms with Gasteiger partial charge in [0.2, 0.25) is 0 Å². The summed E-state index contributed by atoms with van der Waals surface area (Å²) in [6, 6.07) is 3.51. The fraction of sp³-hybridized carbons (Fsp3) is 0.455. The predicted molar refractivity (Wildman–Crippen MR) is 114 cm³/mol. The zero-order chi connectivity index (χ0) is 21.5. The second kappa shape index (κ2) is 7.88. The summed E-state index contributed by atoms with van der Waals surface area (Å²) in [5, 5.41) is 6.22. The molecule has 0 saturated carbocycles. The summed E-state index contributed by atoms with van der Waals surface area (Å²) in [5.41, 5.74) is 5.74. The van der Waals surface area contributed by atoms with Gasteiger partial charge in [0.25, 0.3) is 5.91 Å². The molecule has 3 aromatic rings. The average Bonchev–Trinajstić information content (AvgIpc) is 3.38. The molecule has 0 aliphatic carbocycles. The van der Waals surface area contributed by atoms with Gasteiger partial charge in [0.15, 0.2) is 5.65 Å². The molecule has 31 heavy (non-hydrogen) atoms. The van der Waals surface area contributed by atoms with Crippen LogP contribution < -0.4 is 10.3 Å². The zero-order valence-corrected chi connectivity index (χ0v) is 17.8. The largest absolute Gasteiger partial charge is 0.349 e. The van der Waals surface area contributed by atoms with Gasteiger partial charge in [0.1, 0.15) is 17.2 Å². The van der Waals surface area contributed by atoms with E-state index in [1.165, 1.54) is 6.20 Å². The molecule has 0 spiro atoms. The molecule has 0 radical (unpaired) electrons. The monoisotopic (exact) mass is 423 g/mol. The molecular formula is C22H26FN7O. The minimum atomic E-state index is -0.330. The summed E-state index contributed by atoms with van der Waals surface area (Å²) in [6.45, 7) is 6.30. The Labute approximate surface area is 180 Å². The third kappa shape index (κ3) is 3.74. The molecule has 1 fully saturated rings. The van der Waals surface area contributed by atoms with Crippen LogP contribution in [0, 0.1) is 11.7 Å². The van der Waals surface area contributed by atoms with Crippen LogP contribution in [0.5, 0.6) is 0 Å². The van der Waals surface area contributed by atoms with E-state index in [0.29, 0.717) is 36.6 Å². The molecule has 1 saturated heterocycles. The third-order valence-corrected chi connectivity index (χ3v) is 5.94. The SMILES string of the molecule is CC(C)CN1CCc2ncc(F)cc2[C@H]2CCCN2c2ccn3ncc(c3n2)C(=O)N1. The van der Waals surface area contributed by atoms with E-state index in [0.717, 1.165) is 36.5 Å². The fourth-order valence-electron chi connectivity index (χ4n) is 4.60. The molecule has 0 aromatic carbocycles. The van der Waals surface area contributed by atoms with Gasteiger partial charge in [-0.15, -0.1) is 0 Å².